The van der Waals surface area contributed by atoms with Crippen molar-refractivity contribution in [2.24, 2.45) is 0 Å². The zero-order valence-electron chi connectivity index (χ0n) is 10.5. The third-order valence-corrected chi connectivity index (χ3v) is 2.32. The lowest BCUT2D eigenvalue weighted by molar-refractivity contribution is 0.0364. The van der Waals surface area contributed by atoms with Crippen molar-refractivity contribution < 1.29 is 19.1 Å². The first-order valence-electron chi connectivity index (χ1n) is 5.28. The zero-order chi connectivity index (χ0) is 12.8. The number of methoxy groups -OCH3 is 2. The first-order valence-corrected chi connectivity index (χ1v) is 5.28. The van der Waals surface area contributed by atoms with Gasteiger partial charge in [-0.3, -0.25) is 9.63 Å². The molecule has 0 heterocycles. The zero-order valence-corrected chi connectivity index (χ0v) is 10.5. The van der Waals surface area contributed by atoms with Crippen LogP contribution in [0.3, 0.4) is 0 Å². The average Bonchev–Trinajstić information content (AvgIpc) is 2.36. The second-order valence-corrected chi connectivity index (χ2v) is 3.37. The SMILES string of the molecule is CCONC(=O)c1cc(OC)c(C)c(OC)c1. The molecule has 0 radical (unpaired) electrons. The Bertz CT molecular complexity index is 378. The van der Waals surface area contributed by atoms with Gasteiger partial charge in [0.1, 0.15) is 11.5 Å². The summed E-state index contributed by atoms with van der Waals surface area (Å²) < 4.78 is 10.4. The highest BCUT2D eigenvalue weighted by Crippen LogP contribution is 2.29. The molecule has 0 fully saturated rings. The quantitative estimate of drug-likeness (QED) is 0.794. The molecule has 0 atom stereocenters. The van der Waals surface area contributed by atoms with Gasteiger partial charge in [-0.05, 0) is 26.0 Å². The molecule has 1 N–H and O–H groups in total. The number of benzene rings is 1. The molecule has 1 aromatic rings. The third kappa shape index (κ3) is 3.10. The molecule has 0 bridgehead atoms. The highest BCUT2D eigenvalue weighted by Gasteiger charge is 2.13. The lowest BCUT2D eigenvalue weighted by Gasteiger charge is -2.12. The summed E-state index contributed by atoms with van der Waals surface area (Å²) in [4.78, 5) is 16.5. The summed E-state index contributed by atoms with van der Waals surface area (Å²) in [6.45, 7) is 4.06. The molecule has 0 aliphatic rings. The molecule has 1 amide bonds. The lowest BCUT2D eigenvalue weighted by Crippen LogP contribution is -2.23. The molecule has 1 rings (SSSR count). The van der Waals surface area contributed by atoms with Gasteiger partial charge in [-0.2, -0.15) is 0 Å². The van der Waals surface area contributed by atoms with E-state index in [0.717, 1.165) is 5.56 Å². The Morgan fingerprint density at radius 3 is 2.18 bits per heavy atom. The third-order valence-electron chi connectivity index (χ3n) is 2.32. The van der Waals surface area contributed by atoms with Crippen LogP contribution >= 0.6 is 0 Å². The molecule has 0 saturated heterocycles. The summed E-state index contributed by atoms with van der Waals surface area (Å²) in [5, 5.41) is 0. The predicted molar refractivity (Wildman–Crippen MR) is 63.4 cm³/mol. The molecule has 5 nitrogen and oxygen atoms in total. The van der Waals surface area contributed by atoms with E-state index in [9.17, 15) is 4.79 Å². The van der Waals surface area contributed by atoms with Crippen molar-refractivity contribution in [3.05, 3.63) is 23.3 Å². The van der Waals surface area contributed by atoms with Crippen molar-refractivity contribution >= 4 is 5.91 Å². The highest BCUT2D eigenvalue weighted by atomic mass is 16.6. The Kier molecular flexibility index (Phi) is 4.78. The van der Waals surface area contributed by atoms with Crippen LogP contribution in [0.4, 0.5) is 0 Å². The molecule has 17 heavy (non-hydrogen) atoms. The molecular formula is C12H17NO4. The number of carbonyl (C=O) groups excluding carboxylic acids is 1. The number of carbonyl (C=O) groups is 1. The first kappa shape index (κ1) is 13.3. The lowest BCUT2D eigenvalue weighted by atomic mass is 10.1. The molecule has 0 spiro atoms. The van der Waals surface area contributed by atoms with E-state index in [1.165, 1.54) is 0 Å². The van der Waals surface area contributed by atoms with Gasteiger partial charge < -0.3 is 9.47 Å². The van der Waals surface area contributed by atoms with Crippen molar-refractivity contribution in [2.75, 3.05) is 20.8 Å². The van der Waals surface area contributed by atoms with Crippen molar-refractivity contribution in [3.63, 3.8) is 0 Å². The fourth-order valence-electron chi connectivity index (χ4n) is 1.41. The van der Waals surface area contributed by atoms with Crippen LogP contribution < -0.4 is 15.0 Å². The summed E-state index contributed by atoms with van der Waals surface area (Å²) >= 11 is 0. The van der Waals surface area contributed by atoms with Crippen LogP contribution in [0.1, 0.15) is 22.8 Å². The molecule has 0 unspecified atom stereocenters. The van der Waals surface area contributed by atoms with Gasteiger partial charge in [-0.25, -0.2) is 5.48 Å². The Hall–Kier alpha value is -1.75. The smallest absolute Gasteiger partial charge is 0.275 e. The fourth-order valence-corrected chi connectivity index (χ4v) is 1.41. The number of nitrogens with one attached hydrogen (secondary N) is 1. The molecule has 5 heteroatoms. The summed E-state index contributed by atoms with van der Waals surface area (Å²) in [6, 6.07) is 3.29. The van der Waals surface area contributed by atoms with Crippen molar-refractivity contribution in [3.8, 4) is 11.5 Å². The molecular weight excluding hydrogens is 222 g/mol. The summed E-state index contributed by atoms with van der Waals surface area (Å²) in [5.41, 5.74) is 3.60. The van der Waals surface area contributed by atoms with E-state index in [1.54, 1.807) is 33.3 Å². The van der Waals surface area contributed by atoms with Gasteiger partial charge in [-0.15, -0.1) is 0 Å². The molecule has 0 aliphatic carbocycles. The van der Waals surface area contributed by atoms with Crippen LogP contribution in [0, 0.1) is 6.92 Å². The van der Waals surface area contributed by atoms with Crippen LogP contribution in [0.2, 0.25) is 0 Å². The summed E-state index contributed by atoms with van der Waals surface area (Å²) in [5.74, 6) is 0.875. The van der Waals surface area contributed by atoms with E-state index in [1.807, 2.05) is 6.92 Å². The van der Waals surface area contributed by atoms with Crippen LogP contribution in [0.15, 0.2) is 12.1 Å². The summed E-state index contributed by atoms with van der Waals surface area (Å²) in [7, 11) is 3.10. The normalized spacial score (nSPS) is 9.88. The first-order chi connectivity index (χ1) is 8.13. The van der Waals surface area contributed by atoms with Crippen molar-refractivity contribution in [1.82, 2.24) is 5.48 Å². The number of hydrogen-bond donors (Lipinski definition) is 1. The van der Waals surface area contributed by atoms with Crippen molar-refractivity contribution in [2.45, 2.75) is 13.8 Å². The van der Waals surface area contributed by atoms with Crippen molar-refractivity contribution in [1.29, 1.82) is 0 Å². The largest absolute Gasteiger partial charge is 0.496 e. The number of rotatable bonds is 5. The van der Waals surface area contributed by atoms with E-state index in [4.69, 9.17) is 14.3 Å². The van der Waals surface area contributed by atoms with E-state index in [-0.39, 0.29) is 5.91 Å². The maximum absolute atomic E-state index is 11.7. The second kappa shape index (κ2) is 6.10. The van der Waals surface area contributed by atoms with Gasteiger partial charge in [0.15, 0.2) is 0 Å². The minimum Gasteiger partial charge on any atom is -0.496 e. The maximum Gasteiger partial charge on any atom is 0.275 e. The van der Waals surface area contributed by atoms with Gasteiger partial charge in [-0.1, -0.05) is 0 Å². The van der Waals surface area contributed by atoms with Gasteiger partial charge in [0.2, 0.25) is 0 Å². The van der Waals surface area contributed by atoms with Crippen LogP contribution in [0.5, 0.6) is 11.5 Å². The molecule has 0 saturated carbocycles. The summed E-state index contributed by atoms with van der Waals surface area (Å²) in [6.07, 6.45) is 0. The Morgan fingerprint density at radius 1 is 1.24 bits per heavy atom. The highest BCUT2D eigenvalue weighted by molar-refractivity contribution is 5.94. The standard InChI is InChI=1S/C12H17NO4/c1-5-17-13-12(14)9-6-10(15-3)8(2)11(7-9)16-4/h6-7H,5H2,1-4H3,(H,13,14). The topological polar surface area (TPSA) is 56.8 Å². The number of hydrogen-bond acceptors (Lipinski definition) is 4. The number of amides is 1. The van der Waals surface area contributed by atoms with Crippen LogP contribution in [0.25, 0.3) is 0 Å². The number of ether oxygens (including phenoxy) is 2. The van der Waals surface area contributed by atoms with E-state index in [2.05, 4.69) is 5.48 Å². The molecule has 0 aliphatic heterocycles. The maximum atomic E-state index is 11.7. The minimum absolute atomic E-state index is 0.330. The Balaban J connectivity index is 3.04. The van der Waals surface area contributed by atoms with Gasteiger partial charge >= 0.3 is 0 Å². The van der Waals surface area contributed by atoms with E-state index in [0.29, 0.717) is 23.7 Å². The minimum atomic E-state index is -0.330. The van der Waals surface area contributed by atoms with E-state index >= 15 is 0 Å². The van der Waals surface area contributed by atoms with Crippen LogP contribution in [-0.4, -0.2) is 26.7 Å². The average molecular weight is 239 g/mol. The monoisotopic (exact) mass is 239 g/mol. The second-order valence-electron chi connectivity index (χ2n) is 3.37. The Labute approximate surface area is 101 Å². The van der Waals surface area contributed by atoms with Gasteiger partial charge in [0.05, 0.1) is 20.8 Å². The fraction of sp³-hybridized carbons (Fsp3) is 0.417. The molecule has 1 aromatic carbocycles. The number of hydroxylamine groups is 1. The predicted octanol–water partition coefficient (Wildman–Crippen LogP) is 1.69. The van der Waals surface area contributed by atoms with Crippen LogP contribution in [-0.2, 0) is 4.84 Å². The van der Waals surface area contributed by atoms with Gasteiger partial charge in [0, 0.05) is 11.1 Å². The molecule has 94 valence electrons. The molecule has 0 aromatic heterocycles. The van der Waals surface area contributed by atoms with E-state index < -0.39 is 0 Å². The Morgan fingerprint density at radius 2 is 1.76 bits per heavy atom. The van der Waals surface area contributed by atoms with Gasteiger partial charge in [0.25, 0.3) is 5.91 Å².